The van der Waals surface area contributed by atoms with E-state index in [9.17, 15) is 9.18 Å². The molecule has 0 aliphatic carbocycles. The number of benzene rings is 2. The molecule has 5 rings (SSSR count). The van der Waals surface area contributed by atoms with Crippen LogP contribution in [0.3, 0.4) is 0 Å². The van der Waals surface area contributed by atoms with E-state index < -0.39 is 0 Å². The van der Waals surface area contributed by atoms with Gasteiger partial charge in [0.05, 0.1) is 11.7 Å². The first-order chi connectivity index (χ1) is 15.1. The fourth-order valence-electron chi connectivity index (χ4n) is 4.40. The number of hydrogen-bond donors (Lipinski definition) is 0. The molecule has 2 aliphatic rings. The Kier molecular flexibility index (Phi) is 5.16. The maximum absolute atomic E-state index is 13.3. The maximum Gasteiger partial charge on any atom is 0.259 e. The van der Waals surface area contributed by atoms with Crippen LogP contribution in [0.1, 0.15) is 34.5 Å². The Morgan fingerprint density at radius 1 is 1.06 bits per heavy atom. The maximum atomic E-state index is 13.3. The van der Waals surface area contributed by atoms with Crippen molar-refractivity contribution < 1.29 is 13.9 Å². The Morgan fingerprint density at radius 2 is 1.87 bits per heavy atom. The Hall–Kier alpha value is -3.25. The Morgan fingerprint density at radius 3 is 2.65 bits per heavy atom. The number of carbonyl (C=O) groups is 1. The topological polar surface area (TPSA) is 45.7 Å². The van der Waals surface area contributed by atoms with Gasteiger partial charge in [-0.3, -0.25) is 4.79 Å². The van der Waals surface area contributed by atoms with Gasteiger partial charge < -0.3 is 14.5 Å². The Bertz CT molecular complexity index is 1080. The third kappa shape index (κ3) is 3.91. The van der Waals surface area contributed by atoms with Crippen molar-refractivity contribution in [1.29, 1.82) is 0 Å². The summed E-state index contributed by atoms with van der Waals surface area (Å²) in [7, 11) is 0. The second-order valence-corrected chi connectivity index (χ2v) is 8.13. The van der Waals surface area contributed by atoms with E-state index in [1.165, 1.54) is 17.7 Å². The minimum absolute atomic E-state index is 0.00742. The van der Waals surface area contributed by atoms with E-state index in [1.807, 2.05) is 42.2 Å². The van der Waals surface area contributed by atoms with Gasteiger partial charge in [-0.2, -0.15) is 0 Å². The highest BCUT2D eigenvalue weighted by Gasteiger charge is 2.28. The van der Waals surface area contributed by atoms with Crippen molar-refractivity contribution in [2.45, 2.75) is 25.6 Å². The number of morpholine rings is 1. The zero-order valence-electron chi connectivity index (χ0n) is 17.4. The lowest BCUT2D eigenvalue weighted by Crippen LogP contribution is -2.43. The zero-order valence-corrected chi connectivity index (χ0v) is 17.4. The average molecular weight is 417 g/mol. The molecule has 6 heteroatoms. The van der Waals surface area contributed by atoms with E-state index in [-0.39, 0.29) is 23.9 Å². The van der Waals surface area contributed by atoms with Crippen molar-refractivity contribution in [2.75, 3.05) is 29.4 Å². The number of nitrogens with zero attached hydrogens (tertiary/aromatic N) is 3. The number of ether oxygens (including phenoxy) is 1. The predicted molar refractivity (Wildman–Crippen MR) is 118 cm³/mol. The second kappa shape index (κ2) is 8.12. The van der Waals surface area contributed by atoms with Gasteiger partial charge in [0.1, 0.15) is 17.7 Å². The molecule has 0 bridgehead atoms. The summed E-state index contributed by atoms with van der Waals surface area (Å²) < 4.78 is 19.4. The quantitative estimate of drug-likeness (QED) is 0.634. The number of para-hydroxylation sites is 1. The monoisotopic (exact) mass is 417 g/mol. The van der Waals surface area contributed by atoms with E-state index in [0.29, 0.717) is 25.2 Å². The van der Waals surface area contributed by atoms with Crippen LogP contribution < -0.4 is 9.80 Å². The third-order valence-corrected chi connectivity index (χ3v) is 5.95. The lowest BCUT2D eigenvalue weighted by molar-refractivity contribution is -0.0176. The minimum Gasteiger partial charge on any atom is -0.367 e. The number of anilines is 2. The molecule has 2 atom stereocenters. The standard InChI is InChI=1S/C25H24FN3O2/c1-17-15-28(16-23(31-17)19-6-9-21(26)10-7-19)24-11-8-20(14-27-24)25(30)29-13-12-18-4-2-3-5-22(18)29/h2-11,14,17,23H,12-13,15-16H2,1H3. The number of fused-ring (bicyclic) bond motifs is 1. The van der Waals surface area contributed by atoms with Crippen LogP contribution in [-0.4, -0.2) is 36.6 Å². The van der Waals surface area contributed by atoms with E-state index in [2.05, 4.69) is 16.0 Å². The van der Waals surface area contributed by atoms with Crippen molar-refractivity contribution in [3.8, 4) is 0 Å². The summed E-state index contributed by atoms with van der Waals surface area (Å²) in [5.74, 6) is 0.524. The summed E-state index contributed by atoms with van der Waals surface area (Å²) in [6.07, 6.45) is 2.39. The molecule has 2 aliphatic heterocycles. The molecule has 0 spiro atoms. The van der Waals surface area contributed by atoms with E-state index in [1.54, 1.807) is 18.3 Å². The molecule has 0 radical (unpaired) electrons. The number of aromatic nitrogens is 1. The van der Waals surface area contributed by atoms with Crippen molar-refractivity contribution in [3.05, 3.63) is 89.4 Å². The van der Waals surface area contributed by atoms with Crippen molar-refractivity contribution in [3.63, 3.8) is 0 Å². The van der Waals surface area contributed by atoms with Gasteiger partial charge in [0, 0.05) is 31.5 Å². The third-order valence-electron chi connectivity index (χ3n) is 5.95. The summed E-state index contributed by atoms with van der Waals surface area (Å²) in [6, 6.07) is 18.2. The SMILES string of the molecule is CC1CN(c2ccc(C(=O)N3CCc4ccccc43)cn2)CC(c2ccc(F)cc2)O1. The molecule has 1 aromatic heterocycles. The molecule has 2 aromatic carbocycles. The first-order valence-corrected chi connectivity index (χ1v) is 10.6. The molecule has 1 fully saturated rings. The van der Waals surface area contributed by atoms with Crippen LogP contribution in [0.25, 0.3) is 0 Å². The van der Waals surface area contributed by atoms with Crippen molar-refractivity contribution in [1.82, 2.24) is 4.98 Å². The van der Waals surface area contributed by atoms with Gasteiger partial charge in [-0.25, -0.2) is 9.37 Å². The molecule has 2 unspecified atom stereocenters. The fraction of sp³-hybridized carbons (Fsp3) is 0.280. The summed E-state index contributed by atoms with van der Waals surface area (Å²) in [6.45, 7) is 4.04. The van der Waals surface area contributed by atoms with Gasteiger partial charge in [-0.15, -0.1) is 0 Å². The molecule has 3 heterocycles. The van der Waals surface area contributed by atoms with Crippen LogP contribution in [0.4, 0.5) is 15.9 Å². The van der Waals surface area contributed by atoms with Gasteiger partial charge >= 0.3 is 0 Å². The van der Waals surface area contributed by atoms with E-state index in [0.717, 1.165) is 23.5 Å². The largest absolute Gasteiger partial charge is 0.367 e. The zero-order chi connectivity index (χ0) is 21.4. The van der Waals surface area contributed by atoms with Crippen LogP contribution in [0, 0.1) is 5.82 Å². The number of carbonyl (C=O) groups excluding carboxylic acids is 1. The molecule has 0 saturated carbocycles. The van der Waals surface area contributed by atoms with Gasteiger partial charge in [-0.1, -0.05) is 30.3 Å². The molecule has 31 heavy (non-hydrogen) atoms. The molecule has 1 saturated heterocycles. The van der Waals surface area contributed by atoms with Gasteiger partial charge in [0.2, 0.25) is 0 Å². The van der Waals surface area contributed by atoms with E-state index in [4.69, 9.17) is 4.74 Å². The van der Waals surface area contributed by atoms with Gasteiger partial charge in [0.15, 0.2) is 0 Å². The van der Waals surface area contributed by atoms with Crippen LogP contribution in [0.5, 0.6) is 0 Å². The van der Waals surface area contributed by atoms with Crippen LogP contribution in [0.15, 0.2) is 66.9 Å². The predicted octanol–water partition coefficient (Wildman–Crippen LogP) is 4.39. The Balaban J connectivity index is 1.32. The first-order valence-electron chi connectivity index (χ1n) is 10.6. The molecule has 0 N–H and O–H groups in total. The summed E-state index contributed by atoms with van der Waals surface area (Å²) >= 11 is 0. The molecule has 158 valence electrons. The van der Waals surface area contributed by atoms with Crippen LogP contribution in [-0.2, 0) is 11.2 Å². The van der Waals surface area contributed by atoms with Gasteiger partial charge in [-0.05, 0) is 54.8 Å². The number of halogens is 1. The average Bonchev–Trinajstić information content (AvgIpc) is 3.23. The van der Waals surface area contributed by atoms with E-state index >= 15 is 0 Å². The lowest BCUT2D eigenvalue weighted by Gasteiger charge is -2.37. The first kappa shape index (κ1) is 19.7. The molecule has 5 nitrogen and oxygen atoms in total. The van der Waals surface area contributed by atoms with Crippen LogP contribution in [0.2, 0.25) is 0 Å². The summed E-state index contributed by atoms with van der Waals surface area (Å²) in [5, 5.41) is 0. The summed E-state index contributed by atoms with van der Waals surface area (Å²) in [5.41, 5.74) is 3.71. The smallest absolute Gasteiger partial charge is 0.259 e. The molecular formula is C25H24FN3O2. The number of pyridine rings is 1. The van der Waals surface area contributed by atoms with Crippen molar-refractivity contribution in [2.24, 2.45) is 0 Å². The number of hydrogen-bond acceptors (Lipinski definition) is 4. The summed E-state index contributed by atoms with van der Waals surface area (Å²) in [4.78, 5) is 21.6. The fourth-order valence-corrected chi connectivity index (χ4v) is 4.40. The van der Waals surface area contributed by atoms with Gasteiger partial charge in [0.25, 0.3) is 5.91 Å². The normalized spacial score (nSPS) is 20.6. The molecule has 3 aromatic rings. The Labute approximate surface area is 181 Å². The second-order valence-electron chi connectivity index (χ2n) is 8.13. The highest BCUT2D eigenvalue weighted by molar-refractivity contribution is 6.07. The van der Waals surface area contributed by atoms with Crippen molar-refractivity contribution >= 4 is 17.4 Å². The minimum atomic E-state index is -0.257. The van der Waals surface area contributed by atoms with Crippen LogP contribution >= 0.6 is 0 Å². The molecule has 1 amide bonds. The highest BCUT2D eigenvalue weighted by Crippen LogP contribution is 2.30. The number of amides is 1. The highest BCUT2D eigenvalue weighted by atomic mass is 19.1. The molecular weight excluding hydrogens is 393 g/mol. The number of rotatable bonds is 3. The lowest BCUT2D eigenvalue weighted by atomic mass is 10.1.